The molecule has 2 nitrogen and oxygen atoms in total. The first kappa shape index (κ1) is 10.8. The Labute approximate surface area is 82.6 Å². The molecule has 0 bridgehead atoms. The molecule has 0 saturated heterocycles. The van der Waals surface area contributed by atoms with Crippen molar-refractivity contribution in [1.82, 2.24) is 0 Å². The molecule has 0 spiro atoms. The normalized spacial score (nSPS) is 10.0. The maximum absolute atomic E-state index is 13.2. The molecule has 77 valence electrons. The fourth-order valence-electron chi connectivity index (χ4n) is 1.14. The van der Waals surface area contributed by atoms with E-state index >= 15 is 0 Å². The van der Waals surface area contributed by atoms with Crippen LogP contribution in [0.15, 0.2) is 18.2 Å². The van der Waals surface area contributed by atoms with Crippen molar-refractivity contribution in [3.63, 3.8) is 0 Å². The average molecular weight is 199 g/mol. The van der Waals surface area contributed by atoms with Crippen LogP contribution in [-0.4, -0.2) is 13.1 Å². The van der Waals surface area contributed by atoms with Gasteiger partial charge in [0.1, 0.15) is 5.69 Å². The van der Waals surface area contributed by atoms with Gasteiger partial charge in [-0.05, 0) is 19.9 Å². The molecule has 1 rings (SSSR count). The van der Waals surface area contributed by atoms with Gasteiger partial charge in [0.15, 0.2) is 0 Å². The fourth-order valence-corrected chi connectivity index (χ4v) is 1.14. The fraction of sp³-hybridized carbons (Fsp3) is 0.400. The van der Waals surface area contributed by atoms with E-state index in [0.29, 0.717) is 10.2 Å². The van der Waals surface area contributed by atoms with Crippen LogP contribution in [0.5, 0.6) is 0 Å². The van der Waals surface area contributed by atoms with Crippen LogP contribution in [0.3, 0.4) is 0 Å². The lowest BCUT2D eigenvalue weighted by Crippen LogP contribution is -2.17. The van der Waals surface area contributed by atoms with E-state index in [1.54, 1.807) is 26.0 Å². The molecule has 1 aromatic carbocycles. The van der Waals surface area contributed by atoms with Gasteiger partial charge >= 0.3 is 0 Å². The number of para-hydroxylation sites is 1. The molecule has 0 amide bonds. The summed E-state index contributed by atoms with van der Waals surface area (Å²) in [6.07, 6.45) is 0. The van der Waals surface area contributed by atoms with Crippen LogP contribution in [0.2, 0.25) is 0 Å². The number of halogens is 2. The van der Waals surface area contributed by atoms with Crippen LogP contribution in [0.1, 0.15) is 13.8 Å². The van der Waals surface area contributed by atoms with Gasteiger partial charge in [0, 0.05) is 19.2 Å². The van der Waals surface area contributed by atoms with Gasteiger partial charge in [0.25, 0.3) is 0 Å². The topological polar surface area (TPSA) is 6.48 Å². The highest BCUT2D eigenvalue weighted by Crippen LogP contribution is 2.28. The quantitative estimate of drug-likeness (QED) is 0.688. The van der Waals surface area contributed by atoms with Crippen LogP contribution in [0.25, 0.3) is 0 Å². The molecule has 0 atom stereocenters. The monoisotopic (exact) mass is 199 g/mol. The second-order valence-corrected chi connectivity index (χ2v) is 2.76. The lowest BCUT2D eigenvalue weighted by molar-refractivity contribution is 0.425. The first-order valence-electron chi connectivity index (χ1n) is 4.58. The van der Waals surface area contributed by atoms with E-state index in [-0.39, 0.29) is 24.5 Å². The van der Waals surface area contributed by atoms with E-state index in [1.165, 1.54) is 6.07 Å². The zero-order valence-electron chi connectivity index (χ0n) is 8.30. The van der Waals surface area contributed by atoms with E-state index in [1.807, 2.05) is 0 Å². The van der Waals surface area contributed by atoms with Gasteiger partial charge < -0.3 is 0 Å². The predicted molar refractivity (Wildman–Crippen MR) is 53.5 cm³/mol. The molecule has 0 aliphatic rings. The summed E-state index contributed by atoms with van der Waals surface area (Å²) in [4.78, 5) is 0. The molecule has 0 aliphatic heterocycles. The van der Waals surface area contributed by atoms with Gasteiger partial charge in [0.05, 0.1) is 5.69 Å². The van der Waals surface area contributed by atoms with Crippen LogP contribution in [0.4, 0.5) is 20.3 Å². The molecule has 0 N–H and O–H groups in total. The highest BCUT2D eigenvalue weighted by molar-refractivity contribution is 5.68. The van der Waals surface area contributed by atoms with Gasteiger partial charge in [-0.2, -0.15) is 0 Å². The molecule has 14 heavy (non-hydrogen) atoms. The maximum atomic E-state index is 13.2. The van der Waals surface area contributed by atoms with Crippen molar-refractivity contribution < 1.29 is 8.96 Å². The largest absolute Gasteiger partial charge is 0.210 e. The van der Waals surface area contributed by atoms with Crippen molar-refractivity contribution in [3.8, 4) is 0 Å². The minimum Gasteiger partial charge on any atom is -0.210 e. The number of anilines is 2. The summed E-state index contributed by atoms with van der Waals surface area (Å²) in [5.41, 5.74) is 0.346. The van der Waals surface area contributed by atoms with E-state index < -0.39 is 0 Å². The average Bonchev–Trinajstić information content (AvgIpc) is 2.27. The van der Waals surface area contributed by atoms with E-state index in [4.69, 9.17) is 0 Å². The van der Waals surface area contributed by atoms with Crippen molar-refractivity contribution in [2.45, 2.75) is 13.8 Å². The molecule has 1 radical (unpaired) electrons. The number of rotatable bonds is 4. The summed E-state index contributed by atoms with van der Waals surface area (Å²) in [6.45, 7) is 3.66. The van der Waals surface area contributed by atoms with Crippen LogP contribution < -0.4 is 10.2 Å². The van der Waals surface area contributed by atoms with Crippen molar-refractivity contribution in [3.05, 3.63) is 24.3 Å². The number of hydrogen-bond donors (Lipinski definition) is 0. The Balaban J connectivity index is 3.02. The Bertz CT molecular complexity index is 262. The summed E-state index contributed by atoms with van der Waals surface area (Å²) < 4.78 is 26.5. The van der Waals surface area contributed by atoms with E-state index in [9.17, 15) is 8.96 Å². The molecular formula is C10H13F2N2. The van der Waals surface area contributed by atoms with E-state index in [0.717, 1.165) is 0 Å². The lowest BCUT2D eigenvalue weighted by atomic mass is 10.2. The summed E-state index contributed by atoms with van der Waals surface area (Å²) in [5.74, 6) is 0. The summed E-state index contributed by atoms with van der Waals surface area (Å²) in [5, 5.41) is 0.964. The Morgan fingerprint density at radius 2 is 1.86 bits per heavy atom. The molecule has 1 aromatic rings. The standard InChI is InChI=1S/C10H13F2N2/c1-3-13(11)9-7-5-6-8-10(9)14(12)4-2/h5-7H,3-4H2,1-2H3. The van der Waals surface area contributed by atoms with Crippen molar-refractivity contribution in [2.75, 3.05) is 23.3 Å². The molecule has 0 unspecified atom stereocenters. The second-order valence-electron chi connectivity index (χ2n) is 2.76. The highest BCUT2D eigenvalue weighted by Gasteiger charge is 2.13. The minimum absolute atomic E-state index is 0.138. The van der Waals surface area contributed by atoms with Crippen LogP contribution in [-0.2, 0) is 0 Å². The third-order valence-electron chi connectivity index (χ3n) is 1.87. The molecule has 0 saturated carbocycles. The molecular weight excluding hydrogens is 186 g/mol. The molecule has 0 aliphatic carbocycles. The number of hydrogen-bond acceptors (Lipinski definition) is 2. The second kappa shape index (κ2) is 4.79. The van der Waals surface area contributed by atoms with Gasteiger partial charge in [-0.3, -0.25) is 0 Å². The van der Waals surface area contributed by atoms with Crippen molar-refractivity contribution in [1.29, 1.82) is 0 Å². The van der Waals surface area contributed by atoms with Crippen molar-refractivity contribution in [2.24, 2.45) is 0 Å². The summed E-state index contributed by atoms with van der Waals surface area (Å²) in [7, 11) is 0. The minimum atomic E-state index is 0.138. The van der Waals surface area contributed by atoms with Crippen LogP contribution in [0, 0.1) is 6.07 Å². The van der Waals surface area contributed by atoms with Gasteiger partial charge in [-0.15, -0.1) is 0 Å². The molecule has 4 heteroatoms. The smallest absolute Gasteiger partial charge is 0.103 e. The third-order valence-corrected chi connectivity index (χ3v) is 1.87. The first-order valence-corrected chi connectivity index (χ1v) is 4.58. The number of benzene rings is 1. The SMILES string of the molecule is CCN(F)c1[c]cccc1N(F)CC. The summed E-state index contributed by atoms with van der Waals surface area (Å²) in [6, 6.07) is 7.39. The zero-order valence-corrected chi connectivity index (χ0v) is 8.30. The highest BCUT2D eigenvalue weighted by atomic mass is 19.2. The van der Waals surface area contributed by atoms with Crippen LogP contribution >= 0.6 is 0 Å². The maximum Gasteiger partial charge on any atom is 0.103 e. The van der Waals surface area contributed by atoms with Gasteiger partial charge in [-0.1, -0.05) is 21.1 Å². The number of nitrogens with zero attached hydrogens (tertiary/aromatic N) is 2. The van der Waals surface area contributed by atoms with Gasteiger partial charge in [-0.25, -0.2) is 10.2 Å². The first-order chi connectivity index (χ1) is 6.70. The predicted octanol–water partition coefficient (Wildman–Crippen LogP) is 2.91. The molecule has 0 aromatic heterocycles. The van der Waals surface area contributed by atoms with Gasteiger partial charge in [0.2, 0.25) is 0 Å². The Hall–Kier alpha value is -1.32. The Morgan fingerprint density at radius 1 is 1.21 bits per heavy atom. The molecule has 0 heterocycles. The van der Waals surface area contributed by atoms with E-state index in [2.05, 4.69) is 6.07 Å². The summed E-state index contributed by atoms with van der Waals surface area (Å²) >= 11 is 0. The third kappa shape index (κ3) is 2.13. The zero-order chi connectivity index (χ0) is 10.6. The van der Waals surface area contributed by atoms with Crippen molar-refractivity contribution >= 4 is 11.4 Å². The Kier molecular flexibility index (Phi) is 3.68. The molecule has 0 fully saturated rings. The Morgan fingerprint density at radius 3 is 2.43 bits per heavy atom. The lowest BCUT2D eigenvalue weighted by Gasteiger charge is -2.19.